The molecule has 3 nitrogen and oxygen atoms in total. The van der Waals surface area contributed by atoms with Crippen LogP contribution in [0.15, 0.2) is 30.6 Å². The molecule has 0 atom stereocenters. The normalized spacial score (nSPS) is 10.3. The Bertz CT molecular complexity index is 391. The number of nitrogens with zero attached hydrogens (tertiary/aromatic N) is 3. The Labute approximate surface area is 72.6 Å². The van der Waals surface area contributed by atoms with Crippen molar-refractivity contribution in [2.45, 2.75) is 0 Å². The maximum Gasteiger partial charge on any atom is 0.157 e. The fraction of sp³-hybridized carbons (Fsp3) is 0. The second-order valence-electron chi connectivity index (χ2n) is 2.39. The Balaban J connectivity index is 2.64. The van der Waals surface area contributed by atoms with Gasteiger partial charge in [0.15, 0.2) is 17.3 Å². The van der Waals surface area contributed by atoms with Crippen LogP contribution in [-0.2, 0) is 0 Å². The molecule has 2 aromatic rings. The molecule has 0 aliphatic carbocycles. The van der Waals surface area contributed by atoms with Gasteiger partial charge in [-0.15, -0.1) is 4.80 Å². The molecule has 0 saturated carbocycles. The smallest absolute Gasteiger partial charge is 0.157 e. The minimum atomic E-state index is -0.684. The summed E-state index contributed by atoms with van der Waals surface area (Å²) in [6.45, 7) is 0. The van der Waals surface area contributed by atoms with Gasteiger partial charge >= 0.3 is 0 Å². The highest BCUT2D eigenvalue weighted by Gasteiger charge is 2.10. The lowest BCUT2D eigenvalue weighted by atomic mass is 10.3. The zero-order valence-electron chi connectivity index (χ0n) is 6.48. The van der Waals surface area contributed by atoms with E-state index in [1.165, 1.54) is 18.5 Å². The van der Waals surface area contributed by atoms with Crippen molar-refractivity contribution in [3.05, 3.63) is 42.2 Å². The van der Waals surface area contributed by atoms with Crippen molar-refractivity contribution in [2.24, 2.45) is 0 Å². The van der Waals surface area contributed by atoms with Crippen LogP contribution in [0, 0.1) is 11.6 Å². The number of hydrogen-bond donors (Lipinski definition) is 0. The van der Waals surface area contributed by atoms with Gasteiger partial charge in [0.25, 0.3) is 0 Å². The van der Waals surface area contributed by atoms with Gasteiger partial charge in [0.1, 0.15) is 0 Å². The fourth-order valence-electron chi connectivity index (χ4n) is 1.01. The molecule has 66 valence electrons. The van der Waals surface area contributed by atoms with Crippen molar-refractivity contribution < 1.29 is 8.78 Å². The van der Waals surface area contributed by atoms with Gasteiger partial charge in [0.05, 0.1) is 12.4 Å². The van der Waals surface area contributed by atoms with E-state index in [-0.39, 0.29) is 5.69 Å². The fourth-order valence-corrected chi connectivity index (χ4v) is 1.01. The molecule has 0 aliphatic rings. The van der Waals surface area contributed by atoms with Gasteiger partial charge in [-0.1, -0.05) is 6.07 Å². The van der Waals surface area contributed by atoms with Gasteiger partial charge in [0, 0.05) is 0 Å². The highest BCUT2D eigenvalue weighted by Crippen LogP contribution is 2.14. The second kappa shape index (κ2) is 2.93. The summed E-state index contributed by atoms with van der Waals surface area (Å²) in [5, 5.41) is 7.27. The van der Waals surface area contributed by atoms with Crippen LogP contribution >= 0.6 is 0 Å². The van der Waals surface area contributed by atoms with E-state index in [9.17, 15) is 8.78 Å². The van der Waals surface area contributed by atoms with E-state index in [4.69, 9.17) is 0 Å². The molecular formula is C8H5F2N3. The largest absolute Gasteiger partial charge is 0.204 e. The molecular weight excluding hydrogens is 176 g/mol. The molecule has 0 saturated heterocycles. The average Bonchev–Trinajstić information content (AvgIpc) is 2.57. The molecule has 0 fully saturated rings. The van der Waals surface area contributed by atoms with Crippen LogP contribution in [0.5, 0.6) is 0 Å². The molecule has 0 aliphatic heterocycles. The highest BCUT2D eigenvalue weighted by molar-refractivity contribution is 5.32. The standard InChI is InChI=1S/C8H5F2N3/c9-6-2-1-3-7(10)8(6)13-11-4-5-12-13/h1-5H. The van der Waals surface area contributed by atoms with Crippen molar-refractivity contribution in [1.82, 2.24) is 15.0 Å². The number of para-hydroxylation sites is 1. The lowest BCUT2D eigenvalue weighted by Gasteiger charge is -2.01. The summed E-state index contributed by atoms with van der Waals surface area (Å²) in [5.74, 6) is -1.37. The van der Waals surface area contributed by atoms with Crippen LogP contribution in [0.25, 0.3) is 5.69 Å². The second-order valence-corrected chi connectivity index (χ2v) is 2.39. The van der Waals surface area contributed by atoms with E-state index in [1.807, 2.05) is 0 Å². The summed E-state index contributed by atoms with van der Waals surface area (Å²) in [6.07, 6.45) is 2.71. The first-order valence-corrected chi connectivity index (χ1v) is 3.60. The zero-order valence-corrected chi connectivity index (χ0v) is 6.48. The van der Waals surface area contributed by atoms with E-state index in [2.05, 4.69) is 10.2 Å². The molecule has 5 heteroatoms. The van der Waals surface area contributed by atoms with Crippen LogP contribution in [0.3, 0.4) is 0 Å². The summed E-state index contributed by atoms with van der Waals surface area (Å²) >= 11 is 0. The van der Waals surface area contributed by atoms with Gasteiger partial charge < -0.3 is 0 Å². The van der Waals surface area contributed by atoms with Crippen LogP contribution in [0.2, 0.25) is 0 Å². The summed E-state index contributed by atoms with van der Waals surface area (Å²) in [4.78, 5) is 0.907. The first-order chi connectivity index (χ1) is 6.29. The summed E-state index contributed by atoms with van der Waals surface area (Å²) in [5.41, 5.74) is -0.257. The molecule has 1 aromatic heterocycles. The van der Waals surface area contributed by atoms with Crippen molar-refractivity contribution >= 4 is 0 Å². The van der Waals surface area contributed by atoms with Crippen LogP contribution < -0.4 is 0 Å². The predicted octanol–water partition coefficient (Wildman–Crippen LogP) is 1.55. The van der Waals surface area contributed by atoms with Gasteiger partial charge in [-0.05, 0) is 12.1 Å². The van der Waals surface area contributed by atoms with E-state index in [0.29, 0.717) is 0 Å². The van der Waals surface area contributed by atoms with Crippen molar-refractivity contribution in [3.63, 3.8) is 0 Å². The van der Waals surface area contributed by atoms with E-state index in [1.54, 1.807) is 0 Å². The van der Waals surface area contributed by atoms with E-state index < -0.39 is 11.6 Å². The maximum absolute atomic E-state index is 13.1. The molecule has 0 N–H and O–H groups in total. The number of hydrogen-bond acceptors (Lipinski definition) is 2. The Morgan fingerprint density at radius 2 is 1.54 bits per heavy atom. The molecule has 0 unspecified atom stereocenters. The van der Waals surface area contributed by atoms with Crippen molar-refractivity contribution in [2.75, 3.05) is 0 Å². The maximum atomic E-state index is 13.1. The number of benzene rings is 1. The van der Waals surface area contributed by atoms with Crippen LogP contribution in [0.4, 0.5) is 8.78 Å². The van der Waals surface area contributed by atoms with Gasteiger partial charge in [-0.3, -0.25) is 0 Å². The van der Waals surface area contributed by atoms with Crippen LogP contribution in [-0.4, -0.2) is 15.0 Å². The third-order valence-corrected chi connectivity index (χ3v) is 1.56. The Morgan fingerprint density at radius 3 is 2.08 bits per heavy atom. The number of rotatable bonds is 1. The van der Waals surface area contributed by atoms with Crippen LogP contribution in [0.1, 0.15) is 0 Å². The Hall–Kier alpha value is -1.78. The van der Waals surface area contributed by atoms with Crippen molar-refractivity contribution in [3.8, 4) is 5.69 Å². The minimum absolute atomic E-state index is 0.257. The Kier molecular flexibility index (Phi) is 1.77. The number of aromatic nitrogens is 3. The minimum Gasteiger partial charge on any atom is -0.204 e. The molecule has 0 bridgehead atoms. The molecule has 0 radical (unpaired) electrons. The molecule has 0 amide bonds. The summed E-state index contributed by atoms with van der Waals surface area (Å²) < 4.78 is 26.1. The Morgan fingerprint density at radius 1 is 1.00 bits per heavy atom. The molecule has 2 rings (SSSR count). The van der Waals surface area contributed by atoms with E-state index in [0.717, 1.165) is 16.9 Å². The first-order valence-electron chi connectivity index (χ1n) is 3.60. The van der Waals surface area contributed by atoms with Gasteiger partial charge in [-0.2, -0.15) is 10.2 Å². The third kappa shape index (κ3) is 1.28. The quantitative estimate of drug-likeness (QED) is 0.668. The summed E-state index contributed by atoms with van der Waals surface area (Å²) in [7, 11) is 0. The zero-order chi connectivity index (χ0) is 9.26. The molecule has 0 spiro atoms. The summed E-state index contributed by atoms with van der Waals surface area (Å²) in [6, 6.07) is 3.60. The van der Waals surface area contributed by atoms with Gasteiger partial charge in [-0.25, -0.2) is 8.78 Å². The van der Waals surface area contributed by atoms with E-state index >= 15 is 0 Å². The van der Waals surface area contributed by atoms with Gasteiger partial charge in [0.2, 0.25) is 0 Å². The predicted molar refractivity (Wildman–Crippen MR) is 41.3 cm³/mol. The topological polar surface area (TPSA) is 30.7 Å². The monoisotopic (exact) mass is 181 g/mol. The highest BCUT2D eigenvalue weighted by atomic mass is 19.1. The molecule has 1 heterocycles. The third-order valence-electron chi connectivity index (χ3n) is 1.56. The average molecular weight is 181 g/mol. The lowest BCUT2D eigenvalue weighted by Crippen LogP contribution is -2.04. The molecule has 1 aromatic carbocycles. The van der Waals surface area contributed by atoms with Crippen molar-refractivity contribution in [1.29, 1.82) is 0 Å². The first kappa shape index (κ1) is 7.85. The SMILES string of the molecule is Fc1cccc(F)c1-n1nccn1. The molecule has 13 heavy (non-hydrogen) atoms. The lowest BCUT2D eigenvalue weighted by molar-refractivity contribution is 0.545. The number of halogens is 2.